The van der Waals surface area contributed by atoms with E-state index in [-0.39, 0.29) is 0 Å². The van der Waals surface area contributed by atoms with Gasteiger partial charge in [0.05, 0.1) is 12.2 Å². The molecule has 1 N–H and O–H groups in total. The molecule has 1 aromatic heterocycles. The van der Waals surface area contributed by atoms with Gasteiger partial charge in [0.1, 0.15) is 23.5 Å². The van der Waals surface area contributed by atoms with Crippen LogP contribution < -0.4 is 10.1 Å². The van der Waals surface area contributed by atoms with Crippen molar-refractivity contribution >= 4 is 5.82 Å². The monoisotopic (exact) mass is 365 g/mol. The fourth-order valence-corrected chi connectivity index (χ4v) is 3.38. The topological polar surface area (TPSA) is 74.1 Å². The highest BCUT2D eigenvalue weighted by Crippen LogP contribution is 2.22. The molecule has 142 valence electrons. The van der Waals surface area contributed by atoms with Crippen molar-refractivity contribution < 1.29 is 4.74 Å². The average Bonchev–Trinajstić information content (AvgIpc) is 3.18. The number of anilines is 1. The molecule has 0 atom stereocenters. The molecular formula is C21H27N5O. The van der Waals surface area contributed by atoms with Gasteiger partial charge in [-0.05, 0) is 57.0 Å². The minimum atomic E-state index is 0.570. The minimum absolute atomic E-state index is 0.570. The summed E-state index contributed by atoms with van der Waals surface area (Å²) in [5.41, 5.74) is 2.54. The van der Waals surface area contributed by atoms with Crippen LogP contribution in [0.25, 0.3) is 0 Å². The molecule has 2 aromatic rings. The summed E-state index contributed by atoms with van der Waals surface area (Å²) < 4.78 is 5.93. The van der Waals surface area contributed by atoms with Crippen LogP contribution >= 0.6 is 0 Å². The second-order valence-corrected chi connectivity index (χ2v) is 6.93. The lowest BCUT2D eigenvalue weighted by Crippen LogP contribution is -2.22. The van der Waals surface area contributed by atoms with Gasteiger partial charge in [-0.1, -0.05) is 6.07 Å². The average molecular weight is 365 g/mol. The van der Waals surface area contributed by atoms with Crippen LogP contribution in [0.3, 0.4) is 0 Å². The largest absolute Gasteiger partial charge is 0.492 e. The van der Waals surface area contributed by atoms with Gasteiger partial charge in [-0.25, -0.2) is 9.97 Å². The highest BCUT2D eigenvalue weighted by molar-refractivity contribution is 5.46. The zero-order chi connectivity index (χ0) is 19.1. The van der Waals surface area contributed by atoms with Crippen LogP contribution in [0.2, 0.25) is 0 Å². The molecule has 1 fully saturated rings. The van der Waals surface area contributed by atoms with E-state index in [2.05, 4.69) is 26.3 Å². The third-order valence-electron chi connectivity index (χ3n) is 4.76. The van der Waals surface area contributed by atoms with Gasteiger partial charge >= 0.3 is 0 Å². The van der Waals surface area contributed by atoms with E-state index in [1.54, 1.807) is 0 Å². The van der Waals surface area contributed by atoms with Gasteiger partial charge in [0, 0.05) is 31.8 Å². The molecule has 0 radical (unpaired) electrons. The Morgan fingerprint density at radius 1 is 1.22 bits per heavy atom. The third kappa shape index (κ3) is 5.41. The molecule has 6 heteroatoms. The number of ether oxygens (including phenoxy) is 1. The van der Waals surface area contributed by atoms with Crippen molar-refractivity contribution in [1.29, 1.82) is 5.26 Å². The molecule has 1 aliphatic heterocycles. The summed E-state index contributed by atoms with van der Waals surface area (Å²) in [6, 6.07) is 9.84. The summed E-state index contributed by atoms with van der Waals surface area (Å²) in [5.74, 6) is 2.21. The van der Waals surface area contributed by atoms with Gasteiger partial charge in [0.25, 0.3) is 0 Å². The quantitative estimate of drug-likeness (QED) is 0.725. The predicted octanol–water partition coefficient (Wildman–Crippen LogP) is 3.15. The number of nitrogens with one attached hydrogen (secondary N) is 1. The van der Waals surface area contributed by atoms with Crippen molar-refractivity contribution in [2.45, 2.75) is 32.6 Å². The highest BCUT2D eigenvalue weighted by Gasteiger charge is 2.11. The normalized spacial score (nSPS) is 14.1. The summed E-state index contributed by atoms with van der Waals surface area (Å²) in [6.07, 6.45) is 4.18. The fourth-order valence-electron chi connectivity index (χ4n) is 3.38. The van der Waals surface area contributed by atoms with E-state index in [0.717, 1.165) is 35.9 Å². The van der Waals surface area contributed by atoms with E-state index in [1.807, 2.05) is 38.2 Å². The molecule has 2 heterocycles. The van der Waals surface area contributed by atoms with Gasteiger partial charge in [-0.3, -0.25) is 0 Å². The number of hydrogen-bond donors (Lipinski definition) is 1. The Balaban J connectivity index is 1.64. The van der Waals surface area contributed by atoms with E-state index >= 15 is 0 Å². The highest BCUT2D eigenvalue weighted by atomic mass is 16.5. The zero-order valence-electron chi connectivity index (χ0n) is 16.2. The number of rotatable bonds is 8. The maximum atomic E-state index is 9.36. The van der Waals surface area contributed by atoms with Crippen LogP contribution in [-0.4, -0.2) is 48.2 Å². The van der Waals surface area contributed by atoms with E-state index in [4.69, 9.17) is 4.74 Å². The van der Waals surface area contributed by atoms with Gasteiger partial charge in [0.2, 0.25) is 0 Å². The van der Waals surface area contributed by atoms with E-state index in [9.17, 15) is 5.26 Å². The van der Waals surface area contributed by atoms with Crippen LogP contribution in [0.15, 0.2) is 24.3 Å². The van der Waals surface area contributed by atoms with Gasteiger partial charge in [0.15, 0.2) is 0 Å². The summed E-state index contributed by atoms with van der Waals surface area (Å²) in [6.45, 7) is 6.04. The summed E-state index contributed by atoms with van der Waals surface area (Å²) in [5, 5.41) is 12.4. The van der Waals surface area contributed by atoms with E-state index in [0.29, 0.717) is 24.3 Å². The summed E-state index contributed by atoms with van der Waals surface area (Å²) in [4.78, 5) is 11.5. The molecule has 3 rings (SSSR count). The first-order valence-electron chi connectivity index (χ1n) is 9.58. The van der Waals surface area contributed by atoms with Crippen molar-refractivity contribution in [2.24, 2.45) is 0 Å². The molecule has 1 aliphatic rings. The van der Waals surface area contributed by atoms with Crippen LogP contribution in [0.1, 0.15) is 41.9 Å². The van der Waals surface area contributed by atoms with Crippen LogP contribution in [0.5, 0.6) is 5.75 Å². The number of nitrogens with zero attached hydrogens (tertiary/aromatic N) is 4. The second kappa shape index (κ2) is 9.33. The second-order valence-electron chi connectivity index (χ2n) is 6.93. The van der Waals surface area contributed by atoms with Gasteiger partial charge in [-0.15, -0.1) is 0 Å². The first kappa shape index (κ1) is 19.1. The lowest BCUT2D eigenvalue weighted by atomic mass is 10.1. The molecule has 27 heavy (non-hydrogen) atoms. The molecule has 0 amide bonds. The van der Waals surface area contributed by atoms with Crippen molar-refractivity contribution in [3.8, 4) is 11.8 Å². The van der Waals surface area contributed by atoms with E-state index in [1.165, 1.54) is 25.9 Å². The smallest absolute Gasteiger partial charge is 0.137 e. The molecule has 0 spiro atoms. The Morgan fingerprint density at radius 2 is 2.04 bits per heavy atom. The maximum Gasteiger partial charge on any atom is 0.137 e. The first-order chi connectivity index (χ1) is 13.2. The minimum Gasteiger partial charge on any atom is -0.492 e. The maximum absolute atomic E-state index is 9.36. The number of aryl methyl sites for hydroxylation is 1. The third-order valence-corrected chi connectivity index (χ3v) is 4.76. The number of hydrogen-bond acceptors (Lipinski definition) is 6. The van der Waals surface area contributed by atoms with Crippen molar-refractivity contribution in [3.05, 3.63) is 46.9 Å². The zero-order valence-corrected chi connectivity index (χ0v) is 16.2. The molecule has 1 aromatic carbocycles. The summed E-state index contributed by atoms with van der Waals surface area (Å²) >= 11 is 0. The van der Waals surface area contributed by atoms with Gasteiger partial charge < -0.3 is 15.0 Å². The number of likely N-dealkylation sites (tertiary alicyclic amines) is 1. The summed E-state index contributed by atoms with van der Waals surface area (Å²) in [7, 11) is 1.85. The first-order valence-corrected chi connectivity index (χ1v) is 9.58. The Hall–Kier alpha value is -2.65. The van der Waals surface area contributed by atoms with Crippen molar-refractivity contribution in [3.63, 3.8) is 0 Å². The molecule has 0 bridgehead atoms. The Labute approximate surface area is 161 Å². The predicted molar refractivity (Wildman–Crippen MR) is 106 cm³/mol. The fraction of sp³-hybridized carbons (Fsp3) is 0.476. The van der Waals surface area contributed by atoms with Crippen LogP contribution in [0.4, 0.5) is 5.82 Å². The lowest BCUT2D eigenvalue weighted by Gasteiger charge is -2.15. The molecule has 0 unspecified atom stereocenters. The molecule has 1 saturated heterocycles. The molecule has 6 nitrogen and oxygen atoms in total. The van der Waals surface area contributed by atoms with Crippen LogP contribution in [0, 0.1) is 18.3 Å². The number of benzene rings is 1. The Bertz CT molecular complexity index is 809. The molecule has 0 saturated carbocycles. The molecule has 0 aliphatic carbocycles. The molecular weight excluding hydrogens is 338 g/mol. The standard InChI is InChI=1S/C21H27N5O/c1-16-12-20(23-2)25-21(24-16)14-17-6-7-18(15-22)19(13-17)27-11-5-10-26-8-3-4-9-26/h6-7,12-13H,3-5,8-11,14H2,1-2H3,(H,23,24,25). The number of aromatic nitrogens is 2. The lowest BCUT2D eigenvalue weighted by molar-refractivity contribution is 0.263. The van der Waals surface area contributed by atoms with Crippen molar-refractivity contribution in [2.75, 3.05) is 38.6 Å². The van der Waals surface area contributed by atoms with Crippen LogP contribution in [-0.2, 0) is 6.42 Å². The van der Waals surface area contributed by atoms with Crippen molar-refractivity contribution in [1.82, 2.24) is 14.9 Å². The Kier molecular flexibility index (Phi) is 6.61. The SMILES string of the molecule is CNc1cc(C)nc(Cc2ccc(C#N)c(OCCCN3CCCC3)c2)n1. The Morgan fingerprint density at radius 3 is 2.78 bits per heavy atom. The number of nitriles is 1. The van der Waals surface area contributed by atoms with Gasteiger partial charge in [-0.2, -0.15) is 5.26 Å². The van der Waals surface area contributed by atoms with E-state index < -0.39 is 0 Å².